The van der Waals surface area contributed by atoms with Gasteiger partial charge in [-0.25, -0.2) is 9.36 Å². The predicted molar refractivity (Wildman–Crippen MR) is 119 cm³/mol. The number of carbonyl (C=O) groups excluding carboxylic acids is 1. The molecule has 0 bridgehead atoms. The smallest absolute Gasteiger partial charge is 0.324 e. The predicted octanol–water partition coefficient (Wildman–Crippen LogP) is 3.92. The number of aromatic nitrogens is 2. The van der Waals surface area contributed by atoms with Crippen molar-refractivity contribution in [1.29, 1.82) is 0 Å². The number of anilines is 1. The third-order valence-corrected chi connectivity index (χ3v) is 6.14. The third-order valence-electron chi connectivity index (χ3n) is 4.56. The highest BCUT2D eigenvalue weighted by Gasteiger charge is 2.18. The number of carbonyl (C=O) groups is 1. The van der Waals surface area contributed by atoms with Crippen LogP contribution in [0.15, 0.2) is 74.0 Å². The second-order valence-electron chi connectivity index (χ2n) is 6.46. The van der Waals surface area contributed by atoms with Crippen molar-refractivity contribution in [1.82, 2.24) is 9.13 Å². The highest BCUT2D eigenvalue weighted by Crippen LogP contribution is 2.22. The average molecular weight is 470 g/mol. The van der Waals surface area contributed by atoms with E-state index in [1.807, 2.05) is 37.3 Å². The Balaban J connectivity index is 1.83. The van der Waals surface area contributed by atoms with Gasteiger partial charge in [-0.05, 0) is 58.1 Å². The Morgan fingerprint density at radius 2 is 1.79 bits per heavy atom. The first-order chi connectivity index (χ1) is 14.0. The van der Waals surface area contributed by atoms with Crippen LogP contribution in [-0.4, -0.2) is 15.0 Å². The Hall–Kier alpha value is -2.97. The normalized spacial score (nSPS) is 11.0. The highest BCUT2D eigenvalue weighted by molar-refractivity contribution is 9.10. The topological polar surface area (TPSA) is 73.1 Å². The number of aryl methyl sites for hydroxylation is 1. The zero-order valence-corrected chi connectivity index (χ0v) is 17.8. The van der Waals surface area contributed by atoms with Gasteiger partial charge < -0.3 is 5.32 Å². The van der Waals surface area contributed by atoms with E-state index in [0.29, 0.717) is 21.6 Å². The summed E-state index contributed by atoms with van der Waals surface area (Å²) in [6.45, 7) is 1.63. The van der Waals surface area contributed by atoms with Crippen LogP contribution in [0.4, 0.5) is 5.69 Å². The summed E-state index contributed by atoms with van der Waals surface area (Å²) >= 11 is 4.64. The van der Waals surface area contributed by atoms with Gasteiger partial charge in [-0.1, -0.05) is 30.3 Å². The van der Waals surface area contributed by atoms with Crippen molar-refractivity contribution in [3.8, 4) is 5.69 Å². The summed E-state index contributed by atoms with van der Waals surface area (Å²) in [7, 11) is 0. The zero-order valence-electron chi connectivity index (χ0n) is 15.4. The number of nitrogens with zero attached hydrogens (tertiary/aromatic N) is 2. The van der Waals surface area contributed by atoms with Crippen LogP contribution in [0.2, 0.25) is 0 Å². The molecule has 0 unspecified atom stereocenters. The van der Waals surface area contributed by atoms with Crippen molar-refractivity contribution in [3.63, 3.8) is 0 Å². The van der Waals surface area contributed by atoms with Crippen LogP contribution in [0.1, 0.15) is 5.56 Å². The van der Waals surface area contributed by atoms with E-state index in [4.69, 9.17) is 0 Å². The third kappa shape index (κ3) is 3.56. The van der Waals surface area contributed by atoms with Gasteiger partial charge in [0.1, 0.15) is 11.2 Å². The minimum Gasteiger partial charge on any atom is -0.324 e. The largest absolute Gasteiger partial charge is 0.336 e. The monoisotopic (exact) mass is 469 g/mol. The van der Waals surface area contributed by atoms with Crippen LogP contribution in [0, 0.1) is 6.92 Å². The van der Waals surface area contributed by atoms with Crippen molar-refractivity contribution in [2.45, 2.75) is 13.5 Å². The van der Waals surface area contributed by atoms with E-state index in [1.54, 1.807) is 29.6 Å². The highest BCUT2D eigenvalue weighted by atomic mass is 79.9. The van der Waals surface area contributed by atoms with Gasteiger partial charge in [0, 0.05) is 4.47 Å². The summed E-state index contributed by atoms with van der Waals surface area (Å²) in [6.07, 6.45) is 0. The number of fused-ring (bicyclic) bond motifs is 1. The first-order valence-electron chi connectivity index (χ1n) is 8.81. The number of hydrogen-bond acceptors (Lipinski definition) is 4. The molecule has 0 aliphatic heterocycles. The van der Waals surface area contributed by atoms with Crippen LogP contribution in [-0.2, 0) is 11.3 Å². The number of halogens is 1. The molecule has 0 radical (unpaired) electrons. The maximum absolute atomic E-state index is 13.3. The van der Waals surface area contributed by atoms with Crippen molar-refractivity contribution in [2.24, 2.45) is 0 Å². The van der Waals surface area contributed by atoms with E-state index < -0.39 is 5.69 Å². The molecule has 2 aromatic heterocycles. The number of benzene rings is 2. The van der Waals surface area contributed by atoms with E-state index in [9.17, 15) is 14.4 Å². The Morgan fingerprint density at radius 3 is 2.55 bits per heavy atom. The molecular weight excluding hydrogens is 454 g/mol. The molecule has 0 aliphatic carbocycles. The lowest BCUT2D eigenvalue weighted by atomic mass is 10.2. The maximum atomic E-state index is 13.3. The standard InChI is InChI=1S/C21H16BrN3O3S/c1-13-6-2-5-9-16(13)25-20(27)19-17(10-11-29-19)24(21(25)28)12-18(26)23-15-8-4-3-7-14(15)22/h2-11H,12H2,1H3,(H,23,26). The lowest BCUT2D eigenvalue weighted by molar-refractivity contribution is -0.116. The molecule has 29 heavy (non-hydrogen) atoms. The first kappa shape index (κ1) is 19.4. The summed E-state index contributed by atoms with van der Waals surface area (Å²) in [5.41, 5.74) is 1.45. The number of amides is 1. The minimum atomic E-state index is -0.544. The molecule has 0 fully saturated rings. The van der Waals surface area contributed by atoms with Gasteiger partial charge in [0.25, 0.3) is 5.56 Å². The summed E-state index contributed by atoms with van der Waals surface area (Å²) in [5, 5.41) is 4.54. The zero-order chi connectivity index (χ0) is 20.5. The number of rotatable bonds is 4. The van der Waals surface area contributed by atoms with Crippen molar-refractivity contribution in [3.05, 3.63) is 90.9 Å². The fourth-order valence-corrected chi connectivity index (χ4v) is 4.37. The summed E-state index contributed by atoms with van der Waals surface area (Å²) in [5.74, 6) is -0.360. The SMILES string of the molecule is Cc1ccccc1-n1c(=O)c2sccc2n(CC(=O)Nc2ccccc2Br)c1=O. The molecule has 4 rings (SSSR count). The van der Waals surface area contributed by atoms with Crippen molar-refractivity contribution >= 4 is 49.1 Å². The second kappa shape index (κ2) is 7.81. The molecule has 0 aliphatic rings. The van der Waals surface area contributed by atoms with Gasteiger partial charge in [0.15, 0.2) is 0 Å². The van der Waals surface area contributed by atoms with Gasteiger partial charge in [0.05, 0.1) is 16.9 Å². The number of nitrogens with one attached hydrogen (secondary N) is 1. The van der Waals surface area contributed by atoms with E-state index in [-0.39, 0.29) is 18.0 Å². The Kier molecular flexibility index (Phi) is 5.21. The number of thiophene rings is 1. The van der Waals surface area contributed by atoms with Crippen LogP contribution in [0.3, 0.4) is 0 Å². The van der Waals surface area contributed by atoms with Crippen LogP contribution in [0.25, 0.3) is 15.9 Å². The van der Waals surface area contributed by atoms with E-state index in [0.717, 1.165) is 14.6 Å². The van der Waals surface area contributed by atoms with E-state index in [2.05, 4.69) is 21.2 Å². The molecule has 0 spiro atoms. The summed E-state index contributed by atoms with van der Waals surface area (Å²) in [4.78, 5) is 38.9. The molecule has 0 atom stereocenters. The molecule has 2 aromatic carbocycles. The van der Waals surface area contributed by atoms with Crippen LogP contribution in [0.5, 0.6) is 0 Å². The molecule has 0 saturated carbocycles. The molecule has 1 N–H and O–H groups in total. The quantitative estimate of drug-likeness (QED) is 0.492. The van der Waals surface area contributed by atoms with Gasteiger partial charge in [-0.2, -0.15) is 0 Å². The molecule has 4 aromatic rings. The maximum Gasteiger partial charge on any atom is 0.336 e. The average Bonchev–Trinajstić information content (AvgIpc) is 3.19. The second-order valence-corrected chi connectivity index (χ2v) is 8.23. The Morgan fingerprint density at radius 1 is 1.07 bits per heavy atom. The summed E-state index contributed by atoms with van der Waals surface area (Å²) in [6, 6.07) is 16.1. The van der Waals surface area contributed by atoms with Gasteiger partial charge in [0.2, 0.25) is 5.91 Å². The van der Waals surface area contributed by atoms with Gasteiger partial charge in [-0.3, -0.25) is 14.2 Å². The van der Waals surface area contributed by atoms with Gasteiger partial charge >= 0.3 is 5.69 Å². The molecule has 1 amide bonds. The Bertz CT molecular complexity index is 1350. The molecule has 146 valence electrons. The molecule has 8 heteroatoms. The first-order valence-corrected chi connectivity index (χ1v) is 10.5. The van der Waals surface area contributed by atoms with Gasteiger partial charge in [-0.15, -0.1) is 11.3 Å². The Labute approximate surface area is 178 Å². The van der Waals surface area contributed by atoms with E-state index >= 15 is 0 Å². The molecule has 2 heterocycles. The molecular formula is C21H16BrN3O3S. The lowest BCUT2D eigenvalue weighted by Gasteiger charge is -2.14. The molecule has 0 saturated heterocycles. The fourth-order valence-electron chi connectivity index (χ4n) is 3.16. The number of para-hydroxylation sites is 2. The number of hydrogen-bond donors (Lipinski definition) is 1. The van der Waals surface area contributed by atoms with Crippen LogP contribution >= 0.6 is 27.3 Å². The summed E-state index contributed by atoms with van der Waals surface area (Å²) < 4.78 is 3.65. The minimum absolute atomic E-state index is 0.209. The fraction of sp³-hybridized carbons (Fsp3) is 0.0952. The molecule has 6 nitrogen and oxygen atoms in total. The van der Waals surface area contributed by atoms with Crippen molar-refractivity contribution < 1.29 is 4.79 Å². The van der Waals surface area contributed by atoms with Crippen molar-refractivity contribution in [2.75, 3.05) is 5.32 Å². The van der Waals surface area contributed by atoms with Crippen LogP contribution < -0.4 is 16.6 Å². The lowest BCUT2D eigenvalue weighted by Crippen LogP contribution is -2.40. The van der Waals surface area contributed by atoms with E-state index in [1.165, 1.54) is 15.9 Å².